The van der Waals surface area contributed by atoms with Crippen molar-refractivity contribution in [1.29, 1.82) is 0 Å². The average Bonchev–Trinajstić information content (AvgIpc) is 2.49. The van der Waals surface area contributed by atoms with Crippen LogP contribution >= 0.6 is 0 Å². The highest BCUT2D eigenvalue weighted by atomic mass is 16.5. The molecule has 0 atom stereocenters. The molecule has 0 aromatic heterocycles. The standard InChI is InChI=1S/C18H30N2O/c1-4-9-19-10-12-20(13-11-19)14-17-5-7-18(8-6-17)15-21-16(2)3/h5-8,16H,4,9-15H2,1-3H3. The number of hydrogen-bond donors (Lipinski definition) is 0. The van der Waals surface area contributed by atoms with Crippen molar-refractivity contribution < 1.29 is 4.74 Å². The topological polar surface area (TPSA) is 15.7 Å². The molecule has 0 amide bonds. The molecule has 1 saturated heterocycles. The van der Waals surface area contributed by atoms with E-state index in [-0.39, 0.29) is 0 Å². The quantitative estimate of drug-likeness (QED) is 0.767. The summed E-state index contributed by atoms with van der Waals surface area (Å²) in [4.78, 5) is 5.13. The van der Waals surface area contributed by atoms with Gasteiger partial charge < -0.3 is 9.64 Å². The van der Waals surface area contributed by atoms with Crippen LogP contribution in [0.15, 0.2) is 24.3 Å². The van der Waals surface area contributed by atoms with Gasteiger partial charge in [0.15, 0.2) is 0 Å². The molecule has 21 heavy (non-hydrogen) atoms. The van der Waals surface area contributed by atoms with Gasteiger partial charge in [-0.3, -0.25) is 4.90 Å². The van der Waals surface area contributed by atoms with Gasteiger partial charge in [0.1, 0.15) is 0 Å². The second-order valence-electron chi connectivity index (χ2n) is 6.29. The Labute approximate surface area is 129 Å². The van der Waals surface area contributed by atoms with E-state index in [0.29, 0.717) is 12.7 Å². The molecule has 2 rings (SSSR count). The van der Waals surface area contributed by atoms with Gasteiger partial charge in [-0.15, -0.1) is 0 Å². The SMILES string of the molecule is CCCN1CCN(Cc2ccc(COC(C)C)cc2)CC1. The number of nitrogens with zero attached hydrogens (tertiary/aromatic N) is 2. The van der Waals surface area contributed by atoms with Crippen molar-refractivity contribution in [3.63, 3.8) is 0 Å². The monoisotopic (exact) mass is 290 g/mol. The lowest BCUT2D eigenvalue weighted by molar-refractivity contribution is 0.0657. The number of piperazine rings is 1. The van der Waals surface area contributed by atoms with E-state index in [9.17, 15) is 0 Å². The van der Waals surface area contributed by atoms with E-state index in [0.717, 1.165) is 6.54 Å². The summed E-state index contributed by atoms with van der Waals surface area (Å²) in [5.74, 6) is 0. The van der Waals surface area contributed by atoms with Crippen LogP contribution in [-0.2, 0) is 17.9 Å². The molecule has 0 N–H and O–H groups in total. The molecule has 1 aliphatic rings. The predicted molar refractivity (Wildman–Crippen MR) is 88.4 cm³/mol. The maximum Gasteiger partial charge on any atom is 0.0720 e. The first-order chi connectivity index (χ1) is 10.2. The molecule has 0 aliphatic carbocycles. The van der Waals surface area contributed by atoms with E-state index in [1.807, 2.05) is 0 Å². The molecule has 1 aromatic carbocycles. The molecule has 0 unspecified atom stereocenters. The fourth-order valence-electron chi connectivity index (χ4n) is 2.75. The molecule has 3 nitrogen and oxygen atoms in total. The summed E-state index contributed by atoms with van der Waals surface area (Å²) in [7, 11) is 0. The summed E-state index contributed by atoms with van der Waals surface area (Å²) in [6, 6.07) is 8.89. The zero-order valence-electron chi connectivity index (χ0n) is 13.8. The van der Waals surface area contributed by atoms with Crippen molar-refractivity contribution >= 4 is 0 Å². The Morgan fingerprint density at radius 1 is 0.952 bits per heavy atom. The van der Waals surface area contributed by atoms with Gasteiger partial charge in [0.25, 0.3) is 0 Å². The Kier molecular flexibility index (Phi) is 6.68. The normalized spacial score (nSPS) is 17.5. The van der Waals surface area contributed by atoms with Crippen LogP contribution in [0, 0.1) is 0 Å². The van der Waals surface area contributed by atoms with E-state index in [2.05, 4.69) is 54.8 Å². The smallest absolute Gasteiger partial charge is 0.0720 e. The molecular formula is C18H30N2O. The maximum atomic E-state index is 5.64. The zero-order chi connectivity index (χ0) is 15.1. The second kappa shape index (κ2) is 8.52. The number of rotatable bonds is 7. The summed E-state index contributed by atoms with van der Waals surface area (Å²) < 4.78 is 5.64. The van der Waals surface area contributed by atoms with Crippen molar-refractivity contribution in [3.8, 4) is 0 Å². The minimum Gasteiger partial charge on any atom is -0.374 e. The first kappa shape index (κ1) is 16.5. The van der Waals surface area contributed by atoms with Gasteiger partial charge in [0.2, 0.25) is 0 Å². The minimum atomic E-state index is 0.295. The van der Waals surface area contributed by atoms with Crippen LogP contribution in [0.25, 0.3) is 0 Å². The molecule has 118 valence electrons. The molecule has 1 aliphatic heterocycles. The van der Waals surface area contributed by atoms with E-state index >= 15 is 0 Å². The minimum absolute atomic E-state index is 0.295. The van der Waals surface area contributed by atoms with Gasteiger partial charge in [0, 0.05) is 32.7 Å². The van der Waals surface area contributed by atoms with Gasteiger partial charge in [-0.2, -0.15) is 0 Å². The van der Waals surface area contributed by atoms with Gasteiger partial charge in [-0.25, -0.2) is 0 Å². The van der Waals surface area contributed by atoms with Crippen molar-refractivity contribution in [3.05, 3.63) is 35.4 Å². The van der Waals surface area contributed by atoms with Crippen LogP contribution < -0.4 is 0 Å². The van der Waals surface area contributed by atoms with E-state index < -0.39 is 0 Å². The highest BCUT2D eigenvalue weighted by Gasteiger charge is 2.15. The largest absolute Gasteiger partial charge is 0.374 e. The fraction of sp³-hybridized carbons (Fsp3) is 0.667. The number of hydrogen-bond acceptors (Lipinski definition) is 3. The van der Waals surface area contributed by atoms with Gasteiger partial charge >= 0.3 is 0 Å². The summed E-state index contributed by atoms with van der Waals surface area (Å²) in [5, 5.41) is 0. The summed E-state index contributed by atoms with van der Waals surface area (Å²) in [6.45, 7) is 14.3. The zero-order valence-corrected chi connectivity index (χ0v) is 13.8. The Morgan fingerprint density at radius 2 is 1.52 bits per heavy atom. The number of ether oxygens (including phenoxy) is 1. The Bertz CT molecular complexity index is 394. The Hall–Kier alpha value is -0.900. The van der Waals surface area contributed by atoms with Crippen LogP contribution in [0.5, 0.6) is 0 Å². The maximum absolute atomic E-state index is 5.64. The molecule has 1 fully saturated rings. The van der Waals surface area contributed by atoms with E-state index in [4.69, 9.17) is 4.74 Å². The summed E-state index contributed by atoms with van der Waals surface area (Å²) >= 11 is 0. The highest BCUT2D eigenvalue weighted by molar-refractivity contribution is 5.22. The third-order valence-corrected chi connectivity index (χ3v) is 4.02. The summed E-state index contributed by atoms with van der Waals surface area (Å²) in [6.07, 6.45) is 1.56. The average molecular weight is 290 g/mol. The van der Waals surface area contributed by atoms with Gasteiger partial charge in [-0.05, 0) is 37.9 Å². The first-order valence-corrected chi connectivity index (χ1v) is 8.31. The van der Waals surface area contributed by atoms with Crippen LogP contribution in [0.4, 0.5) is 0 Å². The third-order valence-electron chi connectivity index (χ3n) is 4.02. The lowest BCUT2D eigenvalue weighted by atomic mass is 10.1. The number of benzene rings is 1. The molecule has 1 heterocycles. The Morgan fingerprint density at radius 3 is 2.10 bits per heavy atom. The first-order valence-electron chi connectivity index (χ1n) is 8.31. The fourth-order valence-corrected chi connectivity index (χ4v) is 2.75. The van der Waals surface area contributed by atoms with Crippen LogP contribution in [0.2, 0.25) is 0 Å². The molecular weight excluding hydrogens is 260 g/mol. The van der Waals surface area contributed by atoms with Crippen molar-refractivity contribution in [2.24, 2.45) is 0 Å². The van der Waals surface area contributed by atoms with Crippen LogP contribution in [0.3, 0.4) is 0 Å². The Balaban J connectivity index is 1.76. The van der Waals surface area contributed by atoms with Crippen molar-refractivity contribution in [2.75, 3.05) is 32.7 Å². The van der Waals surface area contributed by atoms with Gasteiger partial charge in [0.05, 0.1) is 12.7 Å². The molecule has 0 radical (unpaired) electrons. The highest BCUT2D eigenvalue weighted by Crippen LogP contribution is 2.11. The molecule has 0 spiro atoms. The molecule has 0 bridgehead atoms. The predicted octanol–water partition coefficient (Wildman–Crippen LogP) is 3.14. The lowest BCUT2D eigenvalue weighted by Crippen LogP contribution is -2.45. The van der Waals surface area contributed by atoms with E-state index in [1.54, 1.807) is 0 Å². The van der Waals surface area contributed by atoms with Crippen molar-refractivity contribution in [1.82, 2.24) is 9.80 Å². The second-order valence-corrected chi connectivity index (χ2v) is 6.29. The van der Waals surface area contributed by atoms with Crippen LogP contribution in [0.1, 0.15) is 38.3 Å². The molecule has 3 heteroatoms. The third kappa shape index (κ3) is 5.77. The summed E-state index contributed by atoms with van der Waals surface area (Å²) in [5.41, 5.74) is 2.67. The van der Waals surface area contributed by atoms with E-state index in [1.165, 1.54) is 50.3 Å². The lowest BCUT2D eigenvalue weighted by Gasteiger charge is -2.34. The molecule has 0 saturated carbocycles. The van der Waals surface area contributed by atoms with Crippen molar-refractivity contribution in [2.45, 2.75) is 46.4 Å². The molecule has 1 aromatic rings. The van der Waals surface area contributed by atoms with Crippen LogP contribution in [-0.4, -0.2) is 48.6 Å². The van der Waals surface area contributed by atoms with Gasteiger partial charge in [-0.1, -0.05) is 31.2 Å².